The van der Waals surface area contributed by atoms with Gasteiger partial charge in [-0.3, -0.25) is 0 Å². The van der Waals surface area contributed by atoms with Crippen LogP contribution in [0.2, 0.25) is 0 Å². The molecule has 1 aliphatic carbocycles. The van der Waals surface area contributed by atoms with Crippen LogP contribution in [0, 0.1) is 12.7 Å². The number of nitrogens with one attached hydrogen (secondary N) is 1. The van der Waals surface area contributed by atoms with Crippen LogP contribution in [-0.4, -0.2) is 14.0 Å². The lowest BCUT2D eigenvalue weighted by atomic mass is 10.1. The van der Waals surface area contributed by atoms with Crippen LogP contribution in [0.1, 0.15) is 30.9 Å². The second-order valence-electron chi connectivity index (χ2n) is 5.08. The number of halogens is 1. The number of aryl methyl sites for hydroxylation is 1. The number of benzene rings is 1. The molecule has 0 radical (unpaired) electrons. The van der Waals surface area contributed by atoms with Crippen LogP contribution in [0.3, 0.4) is 0 Å². The Bertz CT molecular complexity index is 580. The first-order valence-corrected chi connectivity index (χ1v) is 7.29. The first-order chi connectivity index (χ1) is 8.27. The van der Waals surface area contributed by atoms with Gasteiger partial charge in [0.2, 0.25) is 10.0 Å². The smallest absolute Gasteiger partial charge is 0.241 e. The fraction of sp³-hybridized carbons (Fsp3) is 0.500. The third-order valence-electron chi connectivity index (χ3n) is 3.21. The van der Waals surface area contributed by atoms with E-state index in [1.54, 1.807) is 0 Å². The molecule has 0 saturated heterocycles. The lowest BCUT2D eigenvalue weighted by Crippen LogP contribution is -2.34. The van der Waals surface area contributed by atoms with Crippen LogP contribution in [0.4, 0.5) is 4.39 Å². The first-order valence-electron chi connectivity index (χ1n) is 5.80. The third kappa shape index (κ3) is 2.55. The molecular formula is C12H17FN2O2S. The van der Waals surface area contributed by atoms with Crippen LogP contribution >= 0.6 is 0 Å². The van der Waals surface area contributed by atoms with Gasteiger partial charge in [-0.15, -0.1) is 0 Å². The second kappa shape index (κ2) is 4.29. The van der Waals surface area contributed by atoms with Crippen molar-refractivity contribution in [1.29, 1.82) is 0 Å². The molecule has 1 saturated carbocycles. The Morgan fingerprint density at radius 2 is 2.06 bits per heavy atom. The molecule has 1 aliphatic rings. The molecule has 0 heterocycles. The fourth-order valence-corrected chi connectivity index (χ4v) is 3.38. The number of sulfonamides is 1. The predicted molar refractivity (Wildman–Crippen MR) is 67.0 cm³/mol. The Balaban J connectivity index is 2.41. The van der Waals surface area contributed by atoms with Gasteiger partial charge in [0.05, 0.1) is 4.90 Å². The lowest BCUT2D eigenvalue weighted by molar-refractivity contribution is 0.556. The molecule has 0 amide bonds. The Morgan fingerprint density at radius 3 is 2.56 bits per heavy atom. The number of nitrogens with two attached hydrogens (primary N) is 1. The van der Waals surface area contributed by atoms with E-state index in [9.17, 15) is 12.8 Å². The average Bonchev–Trinajstić information content (AvgIpc) is 2.98. The van der Waals surface area contributed by atoms with Gasteiger partial charge in [0.25, 0.3) is 0 Å². The molecule has 18 heavy (non-hydrogen) atoms. The Hall–Kier alpha value is -0.980. The molecule has 0 spiro atoms. The molecule has 2 rings (SSSR count). The molecule has 3 N–H and O–H groups in total. The molecule has 4 nitrogen and oxygen atoms in total. The summed E-state index contributed by atoms with van der Waals surface area (Å²) in [5, 5.41) is 0. The zero-order chi connectivity index (χ0) is 13.6. The van der Waals surface area contributed by atoms with Gasteiger partial charge in [0, 0.05) is 17.6 Å². The Labute approximate surface area is 106 Å². The standard InChI is InChI=1S/C12H17FN2O2S/c1-8-5-10(6-9(7-14)11(8)13)18(16,17)15-12(2)3-4-12/h5-6,15H,3-4,7,14H2,1-2H3. The molecule has 100 valence electrons. The molecule has 0 aromatic heterocycles. The van der Waals surface area contributed by atoms with Gasteiger partial charge in [-0.25, -0.2) is 17.5 Å². The lowest BCUT2D eigenvalue weighted by Gasteiger charge is -2.14. The zero-order valence-electron chi connectivity index (χ0n) is 10.5. The summed E-state index contributed by atoms with van der Waals surface area (Å²) >= 11 is 0. The molecule has 1 aromatic rings. The average molecular weight is 272 g/mol. The van der Waals surface area contributed by atoms with Gasteiger partial charge < -0.3 is 5.73 Å². The maximum Gasteiger partial charge on any atom is 0.241 e. The van der Waals surface area contributed by atoms with E-state index in [2.05, 4.69) is 4.72 Å². The molecule has 0 aliphatic heterocycles. The van der Waals surface area contributed by atoms with Gasteiger partial charge in [-0.2, -0.15) is 0 Å². The van der Waals surface area contributed by atoms with Gasteiger partial charge in [-0.05, 0) is 44.4 Å². The molecule has 0 unspecified atom stereocenters. The summed E-state index contributed by atoms with van der Waals surface area (Å²) in [6, 6.07) is 2.64. The van der Waals surface area contributed by atoms with E-state index in [1.165, 1.54) is 19.1 Å². The highest BCUT2D eigenvalue weighted by Gasteiger charge is 2.41. The maximum atomic E-state index is 13.6. The summed E-state index contributed by atoms with van der Waals surface area (Å²) in [6.45, 7) is 3.37. The van der Waals surface area contributed by atoms with E-state index in [1.807, 2.05) is 6.92 Å². The van der Waals surface area contributed by atoms with Crippen molar-refractivity contribution in [2.75, 3.05) is 0 Å². The maximum absolute atomic E-state index is 13.6. The zero-order valence-corrected chi connectivity index (χ0v) is 11.3. The third-order valence-corrected chi connectivity index (χ3v) is 4.83. The summed E-state index contributed by atoms with van der Waals surface area (Å²) in [7, 11) is -3.60. The van der Waals surface area contributed by atoms with Gasteiger partial charge in [-0.1, -0.05) is 0 Å². The summed E-state index contributed by atoms with van der Waals surface area (Å²) in [4.78, 5) is 0.0787. The quantitative estimate of drug-likeness (QED) is 0.870. The molecule has 0 bridgehead atoms. The van der Waals surface area contributed by atoms with Crippen molar-refractivity contribution in [3.05, 3.63) is 29.1 Å². The van der Waals surface area contributed by atoms with Crippen LogP contribution in [0.25, 0.3) is 0 Å². The number of hydrogen-bond donors (Lipinski definition) is 2. The normalized spacial score (nSPS) is 17.8. The highest BCUT2D eigenvalue weighted by molar-refractivity contribution is 7.89. The SMILES string of the molecule is Cc1cc(S(=O)(=O)NC2(C)CC2)cc(CN)c1F. The summed E-state index contributed by atoms with van der Waals surface area (Å²) in [5.74, 6) is -0.436. The number of rotatable bonds is 4. The highest BCUT2D eigenvalue weighted by Crippen LogP contribution is 2.36. The van der Waals surface area contributed by atoms with Crippen molar-refractivity contribution in [1.82, 2.24) is 4.72 Å². The van der Waals surface area contributed by atoms with Crippen molar-refractivity contribution < 1.29 is 12.8 Å². The minimum atomic E-state index is -3.60. The fourth-order valence-electron chi connectivity index (χ4n) is 1.78. The Morgan fingerprint density at radius 1 is 1.44 bits per heavy atom. The molecule has 1 fully saturated rings. The van der Waals surface area contributed by atoms with E-state index in [0.717, 1.165) is 12.8 Å². The Kier molecular flexibility index (Phi) is 3.21. The molecular weight excluding hydrogens is 255 g/mol. The van der Waals surface area contributed by atoms with E-state index in [-0.39, 0.29) is 22.5 Å². The topological polar surface area (TPSA) is 72.2 Å². The van der Waals surface area contributed by atoms with E-state index < -0.39 is 15.8 Å². The molecule has 6 heteroatoms. The van der Waals surface area contributed by atoms with Crippen molar-refractivity contribution in [3.8, 4) is 0 Å². The van der Waals surface area contributed by atoms with E-state index in [4.69, 9.17) is 5.73 Å². The molecule has 1 aromatic carbocycles. The number of hydrogen-bond acceptors (Lipinski definition) is 3. The highest BCUT2D eigenvalue weighted by atomic mass is 32.2. The largest absolute Gasteiger partial charge is 0.326 e. The van der Waals surface area contributed by atoms with Crippen molar-refractivity contribution in [2.45, 2.75) is 43.7 Å². The van der Waals surface area contributed by atoms with Crippen LogP contribution in [0.15, 0.2) is 17.0 Å². The van der Waals surface area contributed by atoms with Crippen molar-refractivity contribution in [3.63, 3.8) is 0 Å². The van der Waals surface area contributed by atoms with Gasteiger partial charge in [0.15, 0.2) is 0 Å². The first kappa shape index (κ1) is 13.5. The van der Waals surface area contributed by atoms with Crippen molar-refractivity contribution in [2.24, 2.45) is 5.73 Å². The minimum absolute atomic E-state index is 0.0205. The van der Waals surface area contributed by atoms with Crippen LogP contribution < -0.4 is 10.5 Å². The van der Waals surface area contributed by atoms with E-state index >= 15 is 0 Å². The minimum Gasteiger partial charge on any atom is -0.326 e. The summed E-state index contributed by atoms with van der Waals surface area (Å²) < 4.78 is 40.5. The second-order valence-corrected chi connectivity index (χ2v) is 6.77. The van der Waals surface area contributed by atoms with Gasteiger partial charge >= 0.3 is 0 Å². The van der Waals surface area contributed by atoms with Gasteiger partial charge in [0.1, 0.15) is 5.82 Å². The summed E-state index contributed by atoms with van der Waals surface area (Å²) in [5.41, 5.74) is 5.58. The molecule has 0 atom stereocenters. The summed E-state index contributed by atoms with van der Waals surface area (Å²) in [6.07, 6.45) is 1.66. The van der Waals surface area contributed by atoms with Crippen LogP contribution in [0.5, 0.6) is 0 Å². The van der Waals surface area contributed by atoms with Crippen LogP contribution in [-0.2, 0) is 16.6 Å². The monoisotopic (exact) mass is 272 g/mol. The predicted octanol–water partition coefficient (Wildman–Crippen LogP) is 1.42. The van der Waals surface area contributed by atoms with E-state index in [0.29, 0.717) is 5.56 Å². The van der Waals surface area contributed by atoms with Crippen molar-refractivity contribution >= 4 is 10.0 Å².